The van der Waals surface area contributed by atoms with Gasteiger partial charge in [-0.2, -0.15) is 0 Å². The van der Waals surface area contributed by atoms with Gasteiger partial charge in [-0.3, -0.25) is 4.79 Å². The molecule has 1 atom stereocenters. The standard InChI is InChI=1S/C20H28N2O4/c1-3-6-15(2)22-14-20(26-19(22)25)9-11-21(12-10-20)18(24)13-16-7-4-5-8-17(16)23/h4-5,7-8,15,23H,3,6,9-14H2,1-2H3. The Labute approximate surface area is 154 Å². The molecule has 0 bridgehead atoms. The molecular weight excluding hydrogens is 332 g/mol. The second kappa shape index (κ2) is 7.56. The maximum atomic E-state index is 12.5. The quantitative estimate of drug-likeness (QED) is 0.876. The fourth-order valence-corrected chi connectivity index (χ4v) is 3.92. The minimum absolute atomic E-state index is 0.00174. The van der Waals surface area contributed by atoms with Crippen LogP contribution in [0.5, 0.6) is 5.75 Å². The Bertz CT molecular complexity index is 668. The van der Waals surface area contributed by atoms with Crippen LogP contribution in [0.4, 0.5) is 4.79 Å². The van der Waals surface area contributed by atoms with E-state index in [0.717, 1.165) is 12.8 Å². The minimum Gasteiger partial charge on any atom is -0.508 e. The molecule has 2 aliphatic rings. The molecule has 1 spiro atoms. The van der Waals surface area contributed by atoms with Crippen LogP contribution in [0.1, 0.15) is 45.1 Å². The molecule has 6 heteroatoms. The van der Waals surface area contributed by atoms with Gasteiger partial charge in [0, 0.05) is 37.5 Å². The fraction of sp³-hybridized carbons (Fsp3) is 0.600. The van der Waals surface area contributed by atoms with E-state index in [1.165, 1.54) is 0 Å². The van der Waals surface area contributed by atoms with Crippen molar-refractivity contribution in [2.75, 3.05) is 19.6 Å². The number of rotatable bonds is 5. The molecule has 2 heterocycles. The maximum absolute atomic E-state index is 12.5. The van der Waals surface area contributed by atoms with Gasteiger partial charge < -0.3 is 19.6 Å². The minimum atomic E-state index is -0.454. The normalized spacial score (nSPS) is 20.3. The second-order valence-corrected chi connectivity index (χ2v) is 7.50. The summed E-state index contributed by atoms with van der Waals surface area (Å²) < 4.78 is 5.74. The third-order valence-corrected chi connectivity index (χ3v) is 5.60. The molecule has 1 aromatic rings. The van der Waals surface area contributed by atoms with Crippen molar-refractivity contribution in [3.8, 4) is 5.75 Å². The largest absolute Gasteiger partial charge is 0.508 e. The number of phenolic OH excluding ortho intramolecular Hbond substituents is 1. The summed E-state index contributed by atoms with van der Waals surface area (Å²) in [6, 6.07) is 7.11. The third-order valence-electron chi connectivity index (χ3n) is 5.60. The monoisotopic (exact) mass is 360 g/mol. The number of para-hydroxylation sites is 1. The molecule has 0 aromatic heterocycles. The highest BCUT2D eigenvalue weighted by atomic mass is 16.6. The summed E-state index contributed by atoms with van der Waals surface area (Å²) in [5.74, 6) is 0.154. The number of amides is 2. The molecule has 142 valence electrons. The molecule has 0 aliphatic carbocycles. The van der Waals surface area contributed by atoms with Gasteiger partial charge in [-0.15, -0.1) is 0 Å². The van der Waals surface area contributed by atoms with Gasteiger partial charge in [0.05, 0.1) is 13.0 Å². The summed E-state index contributed by atoms with van der Waals surface area (Å²) in [6.07, 6.45) is 3.31. The average molecular weight is 360 g/mol. The summed E-state index contributed by atoms with van der Waals surface area (Å²) in [5.41, 5.74) is 0.190. The first-order valence-electron chi connectivity index (χ1n) is 9.48. The second-order valence-electron chi connectivity index (χ2n) is 7.50. The molecule has 26 heavy (non-hydrogen) atoms. The molecule has 1 unspecified atom stereocenters. The van der Waals surface area contributed by atoms with Crippen LogP contribution in [-0.4, -0.2) is 58.2 Å². The van der Waals surface area contributed by atoms with Gasteiger partial charge in [-0.05, 0) is 19.4 Å². The lowest BCUT2D eigenvalue weighted by Crippen LogP contribution is -2.49. The first-order valence-corrected chi connectivity index (χ1v) is 9.48. The predicted molar refractivity (Wildman–Crippen MR) is 97.9 cm³/mol. The highest BCUT2D eigenvalue weighted by Crippen LogP contribution is 2.35. The smallest absolute Gasteiger partial charge is 0.410 e. The molecule has 0 radical (unpaired) electrons. The predicted octanol–water partition coefficient (Wildman–Crippen LogP) is 2.94. The van der Waals surface area contributed by atoms with Gasteiger partial charge in [0.1, 0.15) is 11.4 Å². The number of carbonyl (C=O) groups is 2. The SMILES string of the molecule is CCCC(C)N1CC2(CCN(C(=O)Cc3ccccc3O)CC2)OC1=O. The van der Waals surface area contributed by atoms with Crippen molar-refractivity contribution in [2.24, 2.45) is 0 Å². The molecule has 0 saturated carbocycles. The van der Waals surface area contributed by atoms with Crippen molar-refractivity contribution in [3.63, 3.8) is 0 Å². The van der Waals surface area contributed by atoms with E-state index in [9.17, 15) is 14.7 Å². The van der Waals surface area contributed by atoms with Crippen LogP contribution in [0, 0.1) is 0 Å². The summed E-state index contributed by atoms with van der Waals surface area (Å²) in [5, 5.41) is 9.85. The van der Waals surface area contributed by atoms with Gasteiger partial charge in [0.25, 0.3) is 0 Å². The van der Waals surface area contributed by atoms with Crippen molar-refractivity contribution in [1.82, 2.24) is 9.80 Å². The topological polar surface area (TPSA) is 70.1 Å². The van der Waals surface area contributed by atoms with Gasteiger partial charge in [-0.1, -0.05) is 31.5 Å². The van der Waals surface area contributed by atoms with Crippen molar-refractivity contribution in [2.45, 2.75) is 57.6 Å². The lowest BCUT2D eigenvalue weighted by atomic mass is 9.90. The lowest BCUT2D eigenvalue weighted by molar-refractivity contribution is -0.133. The number of hydrogen-bond donors (Lipinski definition) is 1. The Kier molecular flexibility index (Phi) is 5.39. The average Bonchev–Trinajstić information content (AvgIpc) is 2.94. The molecular formula is C20H28N2O4. The van der Waals surface area contributed by atoms with Gasteiger partial charge in [0.15, 0.2) is 0 Å². The summed E-state index contributed by atoms with van der Waals surface area (Å²) >= 11 is 0. The third kappa shape index (κ3) is 3.79. The van der Waals surface area contributed by atoms with Crippen LogP contribution >= 0.6 is 0 Å². The van der Waals surface area contributed by atoms with Crippen LogP contribution < -0.4 is 0 Å². The number of phenols is 1. The lowest BCUT2D eigenvalue weighted by Gasteiger charge is -2.37. The van der Waals surface area contributed by atoms with Crippen molar-refractivity contribution < 1.29 is 19.4 Å². The first kappa shape index (κ1) is 18.5. The molecule has 2 saturated heterocycles. The number of hydrogen-bond acceptors (Lipinski definition) is 4. The number of piperidine rings is 1. The number of benzene rings is 1. The van der Waals surface area contributed by atoms with Crippen LogP contribution in [0.25, 0.3) is 0 Å². The van der Waals surface area contributed by atoms with Crippen molar-refractivity contribution in [1.29, 1.82) is 0 Å². The molecule has 6 nitrogen and oxygen atoms in total. The number of carbonyl (C=O) groups excluding carboxylic acids is 2. The van der Waals surface area contributed by atoms with E-state index in [-0.39, 0.29) is 30.2 Å². The van der Waals surface area contributed by atoms with E-state index in [1.807, 2.05) is 15.9 Å². The zero-order chi connectivity index (χ0) is 18.7. The van der Waals surface area contributed by atoms with Gasteiger partial charge in [0.2, 0.25) is 5.91 Å². The Balaban J connectivity index is 1.56. The maximum Gasteiger partial charge on any atom is 0.410 e. The molecule has 2 amide bonds. The number of aromatic hydroxyl groups is 1. The number of likely N-dealkylation sites (tertiary alicyclic amines) is 1. The van der Waals surface area contributed by atoms with E-state index >= 15 is 0 Å². The van der Waals surface area contributed by atoms with Crippen LogP contribution in [-0.2, 0) is 16.0 Å². The zero-order valence-corrected chi connectivity index (χ0v) is 15.6. The molecule has 1 N–H and O–H groups in total. The van der Waals surface area contributed by atoms with E-state index < -0.39 is 5.60 Å². The Morgan fingerprint density at radius 2 is 2.00 bits per heavy atom. The van der Waals surface area contributed by atoms with Crippen molar-refractivity contribution >= 4 is 12.0 Å². The highest BCUT2D eigenvalue weighted by molar-refractivity contribution is 5.79. The van der Waals surface area contributed by atoms with Crippen molar-refractivity contribution in [3.05, 3.63) is 29.8 Å². The molecule has 2 aliphatic heterocycles. The van der Waals surface area contributed by atoms with Crippen LogP contribution in [0.15, 0.2) is 24.3 Å². The Hall–Kier alpha value is -2.24. The van der Waals surface area contributed by atoms with E-state index in [1.54, 1.807) is 18.2 Å². The van der Waals surface area contributed by atoms with Crippen LogP contribution in [0.2, 0.25) is 0 Å². The fourth-order valence-electron chi connectivity index (χ4n) is 3.92. The van der Waals surface area contributed by atoms with Gasteiger partial charge >= 0.3 is 6.09 Å². The summed E-state index contributed by atoms with van der Waals surface area (Å²) in [7, 11) is 0. The summed E-state index contributed by atoms with van der Waals surface area (Å²) in [4.78, 5) is 28.4. The van der Waals surface area contributed by atoms with Gasteiger partial charge in [-0.25, -0.2) is 4.79 Å². The van der Waals surface area contributed by atoms with E-state index in [0.29, 0.717) is 38.0 Å². The summed E-state index contributed by atoms with van der Waals surface area (Å²) in [6.45, 7) is 5.96. The highest BCUT2D eigenvalue weighted by Gasteiger charge is 2.48. The number of nitrogens with zero attached hydrogens (tertiary/aromatic N) is 2. The first-order chi connectivity index (χ1) is 12.4. The molecule has 1 aromatic carbocycles. The van der Waals surface area contributed by atoms with E-state index in [4.69, 9.17) is 4.74 Å². The molecule has 2 fully saturated rings. The molecule has 3 rings (SSSR count). The Morgan fingerprint density at radius 3 is 2.65 bits per heavy atom. The Morgan fingerprint density at radius 1 is 1.31 bits per heavy atom. The van der Waals surface area contributed by atoms with Crippen LogP contribution in [0.3, 0.4) is 0 Å². The zero-order valence-electron chi connectivity index (χ0n) is 15.6. The van der Waals surface area contributed by atoms with E-state index in [2.05, 4.69) is 13.8 Å². The number of ether oxygens (including phenoxy) is 1.